The quantitative estimate of drug-likeness (QED) is 0.446. The Balaban J connectivity index is 1.78. The maximum Gasteiger partial charge on any atom is 0.573 e. The molecule has 1 amide bonds. The summed E-state index contributed by atoms with van der Waals surface area (Å²) >= 11 is 1.40. The molecule has 184 valence electrons. The summed E-state index contributed by atoms with van der Waals surface area (Å²) in [6, 6.07) is 7.14. The van der Waals surface area contributed by atoms with Crippen LogP contribution in [0.25, 0.3) is 11.1 Å². The van der Waals surface area contributed by atoms with Gasteiger partial charge >= 0.3 is 12.1 Å². The minimum Gasteiger partial charge on any atom is -0.408 e. The molecule has 3 aromatic rings. The Kier molecular flexibility index (Phi) is 7.63. The Hall–Kier alpha value is -2.97. The summed E-state index contributed by atoms with van der Waals surface area (Å²) < 4.78 is 75.1. The highest BCUT2D eigenvalue weighted by atomic mass is 32.2. The van der Waals surface area contributed by atoms with Crippen LogP contribution in [0.4, 0.5) is 18.9 Å². The van der Waals surface area contributed by atoms with Crippen molar-refractivity contribution in [1.29, 1.82) is 0 Å². The number of hydrogen-bond donors (Lipinski definition) is 2. The van der Waals surface area contributed by atoms with Gasteiger partial charge in [0.15, 0.2) is 5.58 Å². The molecule has 1 atom stereocenters. The van der Waals surface area contributed by atoms with Crippen LogP contribution < -0.4 is 20.5 Å². The van der Waals surface area contributed by atoms with Crippen molar-refractivity contribution in [1.82, 2.24) is 9.29 Å². The molecule has 0 aliphatic carbocycles. The lowest BCUT2D eigenvalue weighted by molar-refractivity contribution is -0.274. The maximum absolute atomic E-state index is 12.9. The maximum atomic E-state index is 12.9. The summed E-state index contributed by atoms with van der Waals surface area (Å²) in [6.07, 6.45) is -2.92. The average Bonchev–Trinajstić information content (AvgIpc) is 3.04. The first-order valence-corrected chi connectivity index (χ1v) is 12.5. The second kappa shape index (κ2) is 10.1. The number of nitrogens with one attached hydrogen (secondary N) is 2. The van der Waals surface area contributed by atoms with Crippen LogP contribution in [0.15, 0.2) is 56.6 Å². The lowest BCUT2D eigenvalue weighted by atomic mass is 10.2. The molecule has 0 saturated heterocycles. The van der Waals surface area contributed by atoms with Crippen LogP contribution in [0.5, 0.6) is 5.75 Å². The van der Waals surface area contributed by atoms with Crippen molar-refractivity contribution in [2.24, 2.45) is 7.05 Å². The molecule has 1 aromatic heterocycles. The standard InChI is InChI=1S/C20H20F3N3O6S2/c1-26-16-8-7-14(11-17(16)31-19(26)28)34(29,30)25-15(9-10-33-2)18(27)24-12-3-5-13(6-4-12)32-20(21,22)23/h3-8,11,15,25H,9-10H2,1-2H3,(H,24,27)/t15-/m0/s1. The Labute approximate surface area is 196 Å². The van der Waals surface area contributed by atoms with Gasteiger partial charge in [-0.2, -0.15) is 16.5 Å². The fraction of sp³-hybridized carbons (Fsp3) is 0.300. The predicted octanol–water partition coefficient (Wildman–Crippen LogP) is 3.07. The van der Waals surface area contributed by atoms with E-state index in [2.05, 4.69) is 14.8 Å². The van der Waals surface area contributed by atoms with Crippen LogP contribution in [0.1, 0.15) is 6.42 Å². The molecule has 0 unspecified atom stereocenters. The lowest BCUT2D eigenvalue weighted by Gasteiger charge is -2.18. The largest absolute Gasteiger partial charge is 0.573 e. The number of carbonyl (C=O) groups excluding carboxylic acids is 1. The summed E-state index contributed by atoms with van der Waals surface area (Å²) in [4.78, 5) is 24.2. The molecule has 14 heteroatoms. The predicted molar refractivity (Wildman–Crippen MR) is 120 cm³/mol. The van der Waals surface area contributed by atoms with Gasteiger partial charge in [-0.25, -0.2) is 13.2 Å². The number of rotatable bonds is 9. The monoisotopic (exact) mass is 519 g/mol. The average molecular weight is 520 g/mol. The SMILES string of the molecule is CSCC[C@H](NS(=O)(=O)c1ccc2c(c1)oc(=O)n2C)C(=O)Nc1ccc(OC(F)(F)F)cc1. The normalized spacial score (nSPS) is 13.1. The van der Waals surface area contributed by atoms with Crippen LogP contribution in [0.2, 0.25) is 0 Å². The number of nitrogens with zero attached hydrogens (tertiary/aromatic N) is 1. The molecular formula is C20H20F3N3O6S2. The van der Waals surface area contributed by atoms with E-state index in [4.69, 9.17) is 4.42 Å². The summed E-state index contributed by atoms with van der Waals surface area (Å²) in [7, 11) is -2.71. The summed E-state index contributed by atoms with van der Waals surface area (Å²) in [5, 5.41) is 2.48. The number of fused-ring (bicyclic) bond motifs is 1. The van der Waals surface area contributed by atoms with Gasteiger partial charge in [-0.3, -0.25) is 9.36 Å². The first kappa shape index (κ1) is 25.6. The first-order valence-electron chi connectivity index (χ1n) is 9.67. The highest BCUT2D eigenvalue weighted by molar-refractivity contribution is 7.98. The molecule has 0 aliphatic rings. The molecule has 2 aromatic carbocycles. The highest BCUT2D eigenvalue weighted by Crippen LogP contribution is 2.24. The number of aromatic nitrogens is 1. The molecule has 1 heterocycles. The highest BCUT2D eigenvalue weighted by Gasteiger charge is 2.31. The molecule has 0 radical (unpaired) electrons. The number of alkyl halides is 3. The van der Waals surface area contributed by atoms with Crippen LogP contribution in [0.3, 0.4) is 0 Å². The Morgan fingerprint density at radius 3 is 2.50 bits per heavy atom. The van der Waals surface area contributed by atoms with Crippen molar-refractivity contribution in [2.45, 2.75) is 23.7 Å². The number of benzene rings is 2. The van der Waals surface area contributed by atoms with E-state index in [1.807, 2.05) is 0 Å². The fourth-order valence-corrected chi connectivity index (χ4v) is 4.70. The molecular weight excluding hydrogens is 499 g/mol. The first-order chi connectivity index (χ1) is 15.9. The molecule has 0 spiro atoms. The van der Waals surface area contributed by atoms with E-state index in [0.29, 0.717) is 11.3 Å². The zero-order chi connectivity index (χ0) is 25.1. The van der Waals surface area contributed by atoms with Gasteiger partial charge in [-0.15, -0.1) is 13.2 Å². The van der Waals surface area contributed by atoms with E-state index in [1.165, 1.54) is 53.7 Å². The van der Waals surface area contributed by atoms with E-state index in [9.17, 15) is 31.2 Å². The number of sulfonamides is 1. The van der Waals surface area contributed by atoms with E-state index in [0.717, 1.165) is 12.1 Å². The molecule has 0 bridgehead atoms. The van der Waals surface area contributed by atoms with Gasteiger partial charge in [-0.1, -0.05) is 0 Å². The van der Waals surface area contributed by atoms with Gasteiger partial charge in [0.2, 0.25) is 15.9 Å². The van der Waals surface area contributed by atoms with Gasteiger partial charge in [0.05, 0.1) is 10.4 Å². The number of oxazole rings is 1. The van der Waals surface area contributed by atoms with Crippen molar-refractivity contribution in [2.75, 3.05) is 17.3 Å². The van der Waals surface area contributed by atoms with Crippen LogP contribution >= 0.6 is 11.8 Å². The van der Waals surface area contributed by atoms with E-state index in [-0.39, 0.29) is 22.6 Å². The van der Waals surface area contributed by atoms with Crippen molar-refractivity contribution < 1.29 is 35.5 Å². The van der Waals surface area contributed by atoms with Crippen LogP contribution in [-0.2, 0) is 21.9 Å². The van der Waals surface area contributed by atoms with Gasteiger partial charge in [0.25, 0.3) is 0 Å². The molecule has 0 fully saturated rings. The number of ether oxygens (including phenoxy) is 1. The van der Waals surface area contributed by atoms with Gasteiger partial charge in [-0.05, 0) is 54.8 Å². The smallest absolute Gasteiger partial charge is 0.408 e. The van der Waals surface area contributed by atoms with Crippen molar-refractivity contribution in [3.05, 3.63) is 53.0 Å². The second-order valence-electron chi connectivity index (χ2n) is 7.07. The topological polar surface area (TPSA) is 120 Å². The zero-order valence-electron chi connectivity index (χ0n) is 17.9. The molecule has 34 heavy (non-hydrogen) atoms. The number of halogens is 3. The Morgan fingerprint density at radius 2 is 1.88 bits per heavy atom. The molecule has 2 N–H and O–H groups in total. The molecule has 9 nitrogen and oxygen atoms in total. The second-order valence-corrected chi connectivity index (χ2v) is 9.77. The summed E-state index contributed by atoms with van der Waals surface area (Å²) in [5.41, 5.74) is 0.626. The van der Waals surface area contributed by atoms with Crippen molar-refractivity contribution in [3.8, 4) is 5.75 Å². The number of carbonyl (C=O) groups is 1. The zero-order valence-corrected chi connectivity index (χ0v) is 19.5. The third-order valence-corrected chi connectivity index (χ3v) is 6.77. The summed E-state index contributed by atoms with van der Waals surface area (Å²) in [6.45, 7) is 0. The molecule has 3 rings (SSSR count). The fourth-order valence-electron chi connectivity index (χ4n) is 2.99. The number of aryl methyl sites for hydroxylation is 1. The third-order valence-electron chi connectivity index (χ3n) is 4.65. The van der Waals surface area contributed by atoms with Crippen LogP contribution in [0, 0.1) is 0 Å². The van der Waals surface area contributed by atoms with Crippen molar-refractivity contribution in [3.63, 3.8) is 0 Å². The number of anilines is 1. The minimum atomic E-state index is -4.85. The number of hydrogen-bond acceptors (Lipinski definition) is 7. The van der Waals surface area contributed by atoms with E-state index < -0.39 is 39.8 Å². The lowest BCUT2D eigenvalue weighted by Crippen LogP contribution is -2.44. The van der Waals surface area contributed by atoms with Gasteiger partial charge < -0.3 is 14.5 Å². The number of amides is 1. The summed E-state index contributed by atoms with van der Waals surface area (Å²) in [5.74, 6) is -1.37. The van der Waals surface area contributed by atoms with E-state index in [1.54, 1.807) is 6.26 Å². The van der Waals surface area contributed by atoms with Gasteiger partial charge in [0.1, 0.15) is 11.8 Å². The Morgan fingerprint density at radius 1 is 1.21 bits per heavy atom. The van der Waals surface area contributed by atoms with Crippen LogP contribution in [-0.4, -0.2) is 43.3 Å². The molecule has 0 saturated carbocycles. The molecule has 0 aliphatic heterocycles. The van der Waals surface area contributed by atoms with E-state index >= 15 is 0 Å². The minimum absolute atomic E-state index is 0.0710. The van der Waals surface area contributed by atoms with Crippen molar-refractivity contribution >= 4 is 44.5 Å². The third kappa shape index (κ3) is 6.33. The number of thioether (sulfide) groups is 1. The Bertz CT molecular complexity index is 1330. The van der Waals surface area contributed by atoms with Gasteiger partial charge in [0, 0.05) is 18.8 Å².